The Morgan fingerprint density at radius 1 is 0.824 bits per heavy atom. The van der Waals surface area contributed by atoms with Gasteiger partial charge in [-0.3, -0.25) is 9.59 Å². The van der Waals surface area contributed by atoms with Crippen LogP contribution >= 0.6 is 0 Å². The highest BCUT2D eigenvalue weighted by Gasteiger charge is 2.38. The standard InChI is InChI=1S/C27H30N2O5/c30-25(28-18-7-5-6-16(12-18)26(31)32)17-13-19(14-17)29-27(33)34-15-24-22-10-3-1-8-20(22)21-9-2-4-11-23(21)24/h1-4,8-11,16-19,24H,5-7,12-15H2,(H,28,30)(H,29,33)(H,31,32)/t16-,17?,18+,19?/m0/s1. The van der Waals surface area contributed by atoms with Crippen LogP contribution in [0.1, 0.15) is 55.6 Å². The number of aliphatic carboxylic acids is 1. The zero-order chi connectivity index (χ0) is 23.7. The van der Waals surface area contributed by atoms with Crippen molar-refractivity contribution in [2.45, 2.75) is 56.5 Å². The zero-order valence-electron chi connectivity index (χ0n) is 19.0. The monoisotopic (exact) mass is 462 g/mol. The summed E-state index contributed by atoms with van der Waals surface area (Å²) in [6.45, 7) is 0.267. The minimum Gasteiger partial charge on any atom is -0.481 e. The molecule has 3 aliphatic carbocycles. The van der Waals surface area contributed by atoms with Gasteiger partial charge in [-0.2, -0.15) is 0 Å². The number of carboxylic acids is 1. The fourth-order valence-corrected chi connectivity index (χ4v) is 5.62. The van der Waals surface area contributed by atoms with Gasteiger partial charge >= 0.3 is 12.1 Å². The number of ether oxygens (including phenoxy) is 1. The van der Waals surface area contributed by atoms with E-state index in [1.54, 1.807) is 0 Å². The van der Waals surface area contributed by atoms with Gasteiger partial charge in [-0.25, -0.2) is 4.79 Å². The summed E-state index contributed by atoms with van der Waals surface area (Å²) in [6.07, 6.45) is 3.51. The molecule has 0 aromatic heterocycles. The second-order valence-electron chi connectivity index (χ2n) is 9.74. The summed E-state index contributed by atoms with van der Waals surface area (Å²) in [5.74, 6) is -1.33. The fourth-order valence-electron chi connectivity index (χ4n) is 5.62. The first kappa shape index (κ1) is 22.4. The molecule has 2 fully saturated rings. The summed E-state index contributed by atoms with van der Waals surface area (Å²) in [5.41, 5.74) is 4.72. The van der Waals surface area contributed by atoms with Crippen LogP contribution in [-0.4, -0.2) is 41.8 Å². The average molecular weight is 463 g/mol. The Balaban J connectivity index is 1.08. The first-order valence-corrected chi connectivity index (χ1v) is 12.1. The average Bonchev–Trinajstić information content (AvgIpc) is 3.13. The molecule has 34 heavy (non-hydrogen) atoms. The zero-order valence-corrected chi connectivity index (χ0v) is 19.0. The van der Waals surface area contributed by atoms with Crippen LogP contribution in [0.2, 0.25) is 0 Å². The lowest BCUT2D eigenvalue weighted by atomic mass is 9.79. The lowest BCUT2D eigenvalue weighted by Crippen LogP contribution is -2.51. The van der Waals surface area contributed by atoms with Gasteiger partial charge in [-0.1, -0.05) is 55.0 Å². The number of hydrogen-bond donors (Lipinski definition) is 3. The maximum absolute atomic E-state index is 12.5. The van der Waals surface area contributed by atoms with Crippen molar-refractivity contribution in [3.05, 3.63) is 59.7 Å². The Morgan fingerprint density at radius 2 is 1.44 bits per heavy atom. The van der Waals surface area contributed by atoms with Crippen molar-refractivity contribution in [2.24, 2.45) is 11.8 Å². The van der Waals surface area contributed by atoms with E-state index in [1.165, 1.54) is 22.3 Å². The van der Waals surface area contributed by atoms with Crippen molar-refractivity contribution < 1.29 is 24.2 Å². The normalized spacial score (nSPS) is 25.4. The number of fused-ring (bicyclic) bond motifs is 3. The third-order valence-electron chi connectivity index (χ3n) is 7.54. The van der Waals surface area contributed by atoms with E-state index < -0.39 is 12.1 Å². The summed E-state index contributed by atoms with van der Waals surface area (Å²) < 4.78 is 5.59. The van der Waals surface area contributed by atoms with E-state index in [4.69, 9.17) is 4.74 Å². The highest BCUT2D eigenvalue weighted by molar-refractivity contribution is 5.81. The first-order valence-electron chi connectivity index (χ1n) is 12.1. The summed E-state index contributed by atoms with van der Waals surface area (Å²) in [6, 6.07) is 16.3. The number of alkyl carbamates (subject to hydrolysis) is 1. The lowest BCUT2D eigenvalue weighted by molar-refractivity contribution is -0.143. The second-order valence-corrected chi connectivity index (χ2v) is 9.74. The molecule has 3 N–H and O–H groups in total. The number of carboxylic acid groups (broad SMARTS) is 1. The molecule has 5 rings (SSSR count). The number of amides is 2. The smallest absolute Gasteiger partial charge is 0.407 e. The molecule has 0 heterocycles. The van der Waals surface area contributed by atoms with Crippen LogP contribution in [0.15, 0.2) is 48.5 Å². The summed E-state index contributed by atoms with van der Waals surface area (Å²) in [4.78, 5) is 36.2. The summed E-state index contributed by atoms with van der Waals surface area (Å²) in [5, 5.41) is 15.1. The van der Waals surface area contributed by atoms with E-state index in [0.29, 0.717) is 25.7 Å². The van der Waals surface area contributed by atoms with Gasteiger partial charge in [-0.05, 0) is 54.4 Å². The highest BCUT2D eigenvalue weighted by atomic mass is 16.5. The van der Waals surface area contributed by atoms with Gasteiger partial charge in [0, 0.05) is 23.9 Å². The van der Waals surface area contributed by atoms with Crippen LogP contribution < -0.4 is 10.6 Å². The molecule has 0 spiro atoms. The van der Waals surface area contributed by atoms with Crippen LogP contribution in [0.5, 0.6) is 0 Å². The van der Waals surface area contributed by atoms with Gasteiger partial charge in [-0.15, -0.1) is 0 Å². The van der Waals surface area contributed by atoms with Gasteiger partial charge in [0.2, 0.25) is 5.91 Å². The number of hydrogen-bond acceptors (Lipinski definition) is 4. The molecule has 178 valence electrons. The molecule has 2 saturated carbocycles. The van der Waals surface area contributed by atoms with E-state index >= 15 is 0 Å². The minimum atomic E-state index is -0.782. The van der Waals surface area contributed by atoms with E-state index in [2.05, 4.69) is 34.9 Å². The highest BCUT2D eigenvalue weighted by Crippen LogP contribution is 2.44. The number of benzene rings is 2. The van der Waals surface area contributed by atoms with Crippen molar-refractivity contribution in [1.82, 2.24) is 10.6 Å². The SMILES string of the molecule is O=C(NC1CC(C(=O)N[C@@H]2CCC[C@H](C(=O)O)C2)C1)OCC1c2ccccc2-c2ccccc21. The van der Waals surface area contributed by atoms with E-state index in [9.17, 15) is 19.5 Å². The molecule has 2 atom stereocenters. The van der Waals surface area contributed by atoms with Gasteiger partial charge in [0.1, 0.15) is 6.61 Å². The molecule has 2 aromatic carbocycles. The van der Waals surface area contributed by atoms with Crippen molar-refractivity contribution in [3.63, 3.8) is 0 Å². The molecule has 0 saturated heterocycles. The molecule has 7 heteroatoms. The maximum Gasteiger partial charge on any atom is 0.407 e. The molecular weight excluding hydrogens is 432 g/mol. The van der Waals surface area contributed by atoms with Crippen LogP contribution in [-0.2, 0) is 14.3 Å². The number of nitrogens with one attached hydrogen (secondary N) is 2. The largest absolute Gasteiger partial charge is 0.481 e. The summed E-state index contributed by atoms with van der Waals surface area (Å²) >= 11 is 0. The molecule has 0 unspecified atom stereocenters. The van der Waals surface area contributed by atoms with Crippen LogP contribution in [0.3, 0.4) is 0 Å². The van der Waals surface area contributed by atoms with Crippen molar-refractivity contribution in [3.8, 4) is 11.1 Å². The van der Waals surface area contributed by atoms with Gasteiger partial charge in [0.05, 0.1) is 5.92 Å². The van der Waals surface area contributed by atoms with E-state index in [-0.39, 0.29) is 42.4 Å². The number of carbonyl (C=O) groups is 3. The Labute approximate surface area is 198 Å². The molecular formula is C27H30N2O5. The molecule has 2 amide bonds. The molecule has 0 radical (unpaired) electrons. The Kier molecular flexibility index (Phi) is 6.26. The summed E-state index contributed by atoms with van der Waals surface area (Å²) in [7, 11) is 0. The third kappa shape index (κ3) is 4.52. The molecule has 3 aliphatic rings. The molecule has 7 nitrogen and oxygen atoms in total. The van der Waals surface area contributed by atoms with Gasteiger partial charge < -0.3 is 20.5 Å². The predicted molar refractivity (Wildman–Crippen MR) is 126 cm³/mol. The molecule has 0 bridgehead atoms. The molecule has 2 aromatic rings. The first-order chi connectivity index (χ1) is 16.5. The maximum atomic E-state index is 12.5. The number of rotatable bonds is 6. The Hall–Kier alpha value is -3.35. The molecule has 0 aliphatic heterocycles. The van der Waals surface area contributed by atoms with Gasteiger partial charge in [0.25, 0.3) is 0 Å². The number of carbonyl (C=O) groups excluding carboxylic acids is 2. The fraction of sp³-hybridized carbons (Fsp3) is 0.444. The Morgan fingerprint density at radius 3 is 2.09 bits per heavy atom. The van der Waals surface area contributed by atoms with Crippen molar-refractivity contribution >= 4 is 18.0 Å². The lowest BCUT2D eigenvalue weighted by Gasteiger charge is -2.36. The Bertz CT molecular complexity index is 1050. The minimum absolute atomic E-state index is 0.0168. The quantitative estimate of drug-likeness (QED) is 0.600. The van der Waals surface area contributed by atoms with Gasteiger partial charge in [0.15, 0.2) is 0 Å². The van der Waals surface area contributed by atoms with Crippen LogP contribution in [0.25, 0.3) is 11.1 Å². The van der Waals surface area contributed by atoms with E-state index in [0.717, 1.165) is 12.8 Å². The van der Waals surface area contributed by atoms with Crippen LogP contribution in [0, 0.1) is 11.8 Å². The second kappa shape index (κ2) is 9.49. The third-order valence-corrected chi connectivity index (χ3v) is 7.54. The van der Waals surface area contributed by atoms with Crippen LogP contribution in [0.4, 0.5) is 4.79 Å². The predicted octanol–water partition coefficient (Wildman–Crippen LogP) is 4.06. The van der Waals surface area contributed by atoms with E-state index in [1.807, 2.05) is 24.3 Å². The topological polar surface area (TPSA) is 105 Å². The van der Waals surface area contributed by atoms with Crippen molar-refractivity contribution in [1.29, 1.82) is 0 Å². The van der Waals surface area contributed by atoms with Crippen molar-refractivity contribution in [2.75, 3.05) is 6.61 Å².